The van der Waals surface area contributed by atoms with Crippen molar-refractivity contribution in [1.82, 2.24) is 4.98 Å². The molecule has 0 N–H and O–H groups in total. The number of carbonyl (C=O) groups excluding carboxylic acids is 1. The Labute approximate surface area is 116 Å². The fourth-order valence-electron chi connectivity index (χ4n) is 1.79. The van der Waals surface area contributed by atoms with Crippen molar-refractivity contribution < 1.29 is 9.53 Å². The fraction of sp³-hybridized carbons (Fsp3) is 0.200. The number of fused-ring (bicyclic) bond motifs is 1. The Morgan fingerprint density at radius 3 is 3.05 bits per heavy atom. The van der Waals surface area contributed by atoms with Gasteiger partial charge in [-0.1, -0.05) is 29.8 Å². The maximum Gasteiger partial charge on any atom is 0.309 e. The number of esters is 1. The molecule has 1 heterocycles. The summed E-state index contributed by atoms with van der Waals surface area (Å²) >= 11 is 5.93. The molecule has 0 fully saturated rings. The second-order valence-electron chi connectivity index (χ2n) is 3.97. The van der Waals surface area contributed by atoms with Gasteiger partial charge in [-0.15, -0.1) is 0 Å². The molecule has 1 aromatic heterocycles. The number of rotatable bonds is 4. The minimum atomic E-state index is -0.222. The molecular formula is C15H14ClNO2. The maximum absolute atomic E-state index is 11.2. The van der Waals surface area contributed by atoms with Crippen LogP contribution in [0.5, 0.6) is 0 Å². The molecule has 2 rings (SSSR count). The van der Waals surface area contributed by atoms with Gasteiger partial charge < -0.3 is 4.74 Å². The minimum Gasteiger partial charge on any atom is -0.466 e. The Bertz CT molecular complexity index is 623. The number of hydrogen-bond acceptors (Lipinski definition) is 3. The van der Waals surface area contributed by atoms with Crippen LogP contribution in [0.15, 0.2) is 36.5 Å². The standard InChI is InChI=1S/C15H14ClNO2/c1-2-19-15(18)5-3-4-11-8-9-17-14-10-12(16)6-7-13(11)14/h3-4,6-10H,2,5H2,1H3. The molecule has 0 atom stereocenters. The van der Waals surface area contributed by atoms with E-state index in [2.05, 4.69) is 4.98 Å². The van der Waals surface area contributed by atoms with E-state index >= 15 is 0 Å². The van der Waals surface area contributed by atoms with Crippen LogP contribution in [-0.4, -0.2) is 17.6 Å². The van der Waals surface area contributed by atoms with Gasteiger partial charge in [0.15, 0.2) is 0 Å². The summed E-state index contributed by atoms with van der Waals surface area (Å²) in [6.45, 7) is 2.20. The number of benzene rings is 1. The van der Waals surface area contributed by atoms with Gasteiger partial charge in [0.1, 0.15) is 0 Å². The molecule has 0 aliphatic carbocycles. The Morgan fingerprint density at radius 2 is 2.26 bits per heavy atom. The first-order valence-electron chi connectivity index (χ1n) is 6.07. The number of halogens is 1. The Hall–Kier alpha value is -1.87. The average Bonchev–Trinajstić information content (AvgIpc) is 2.39. The van der Waals surface area contributed by atoms with Gasteiger partial charge in [-0.2, -0.15) is 0 Å². The number of aromatic nitrogens is 1. The van der Waals surface area contributed by atoms with E-state index in [1.807, 2.05) is 30.3 Å². The highest BCUT2D eigenvalue weighted by Crippen LogP contribution is 2.21. The third-order valence-electron chi connectivity index (χ3n) is 2.63. The van der Waals surface area contributed by atoms with E-state index in [4.69, 9.17) is 16.3 Å². The average molecular weight is 276 g/mol. The molecule has 19 heavy (non-hydrogen) atoms. The smallest absolute Gasteiger partial charge is 0.309 e. The fourth-order valence-corrected chi connectivity index (χ4v) is 1.96. The lowest BCUT2D eigenvalue weighted by Crippen LogP contribution is -2.01. The number of nitrogens with zero attached hydrogens (tertiary/aromatic N) is 1. The quantitative estimate of drug-likeness (QED) is 0.796. The molecule has 3 nitrogen and oxygen atoms in total. The van der Waals surface area contributed by atoms with Gasteiger partial charge in [0.2, 0.25) is 0 Å². The Morgan fingerprint density at radius 1 is 1.42 bits per heavy atom. The number of hydrogen-bond donors (Lipinski definition) is 0. The SMILES string of the molecule is CCOC(=O)CC=Cc1ccnc2cc(Cl)ccc12. The summed E-state index contributed by atoms with van der Waals surface area (Å²) in [6, 6.07) is 7.47. The second-order valence-corrected chi connectivity index (χ2v) is 4.41. The highest BCUT2D eigenvalue weighted by molar-refractivity contribution is 6.31. The molecule has 0 unspecified atom stereocenters. The zero-order valence-corrected chi connectivity index (χ0v) is 11.4. The van der Waals surface area contributed by atoms with Crippen molar-refractivity contribution in [3.05, 3.63) is 47.1 Å². The molecule has 2 aromatic rings. The van der Waals surface area contributed by atoms with Gasteiger partial charge in [0.25, 0.3) is 0 Å². The highest BCUT2D eigenvalue weighted by Gasteiger charge is 2.01. The van der Waals surface area contributed by atoms with E-state index in [-0.39, 0.29) is 12.4 Å². The Balaban J connectivity index is 2.21. The van der Waals surface area contributed by atoms with Gasteiger partial charge in [-0.3, -0.25) is 9.78 Å². The molecular weight excluding hydrogens is 262 g/mol. The van der Waals surface area contributed by atoms with Crippen LogP contribution >= 0.6 is 11.6 Å². The summed E-state index contributed by atoms with van der Waals surface area (Å²) in [5, 5.41) is 1.67. The van der Waals surface area contributed by atoms with Crippen molar-refractivity contribution in [3.63, 3.8) is 0 Å². The summed E-state index contributed by atoms with van der Waals surface area (Å²) < 4.78 is 4.86. The molecule has 4 heteroatoms. The number of pyridine rings is 1. The van der Waals surface area contributed by atoms with Crippen LogP contribution in [0.3, 0.4) is 0 Å². The van der Waals surface area contributed by atoms with E-state index in [0.29, 0.717) is 11.6 Å². The van der Waals surface area contributed by atoms with Crippen molar-refractivity contribution in [1.29, 1.82) is 0 Å². The van der Waals surface area contributed by atoms with Crippen molar-refractivity contribution in [2.75, 3.05) is 6.61 Å². The lowest BCUT2D eigenvalue weighted by atomic mass is 10.1. The van der Waals surface area contributed by atoms with Crippen molar-refractivity contribution in [2.45, 2.75) is 13.3 Å². The van der Waals surface area contributed by atoms with E-state index in [1.54, 1.807) is 19.2 Å². The normalized spacial score (nSPS) is 11.1. The van der Waals surface area contributed by atoms with Crippen LogP contribution in [0.25, 0.3) is 17.0 Å². The summed E-state index contributed by atoms with van der Waals surface area (Å²) in [6.07, 6.45) is 5.68. The summed E-state index contributed by atoms with van der Waals surface area (Å²) in [7, 11) is 0. The third-order valence-corrected chi connectivity index (χ3v) is 2.86. The summed E-state index contributed by atoms with van der Waals surface area (Å²) in [5.74, 6) is -0.222. The number of ether oxygens (including phenoxy) is 1. The molecule has 0 radical (unpaired) electrons. The van der Waals surface area contributed by atoms with Crippen LogP contribution < -0.4 is 0 Å². The zero-order valence-electron chi connectivity index (χ0n) is 10.6. The third kappa shape index (κ3) is 3.55. The lowest BCUT2D eigenvalue weighted by molar-refractivity contribution is -0.142. The first kappa shape index (κ1) is 13.6. The molecule has 0 saturated heterocycles. The van der Waals surface area contributed by atoms with Gasteiger partial charge >= 0.3 is 5.97 Å². The minimum absolute atomic E-state index is 0.222. The first-order chi connectivity index (χ1) is 9.20. The molecule has 0 bridgehead atoms. The van der Waals surface area contributed by atoms with E-state index in [9.17, 15) is 4.79 Å². The van der Waals surface area contributed by atoms with Crippen LogP contribution in [0.1, 0.15) is 18.9 Å². The van der Waals surface area contributed by atoms with E-state index in [1.165, 1.54) is 0 Å². The molecule has 0 aliphatic heterocycles. The monoisotopic (exact) mass is 275 g/mol. The molecule has 0 spiro atoms. The zero-order chi connectivity index (χ0) is 13.7. The van der Waals surface area contributed by atoms with Gasteiger partial charge in [-0.05, 0) is 30.7 Å². The topological polar surface area (TPSA) is 39.2 Å². The van der Waals surface area contributed by atoms with Crippen LogP contribution in [0, 0.1) is 0 Å². The molecule has 0 saturated carbocycles. The summed E-state index contributed by atoms with van der Waals surface area (Å²) in [4.78, 5) is 15.5. The highest BCUT2D eigenvalue weighted by atomic mass is 35.5. The van der Waals surface area contributed by atoms with Crippen molar-refractivity contribution in [2.24, 2.45) is 0 Å². The van der Waals surface area contributed by atoms with Gasteiger partial charge in [-0.25, -0.2) is 0 Å². The largest absolute Gasteiger partial charge is 0.466 e. The number of carbonyl (C=O) groups is 1. The molecule has 1 aromatic carbocycles. The predicted molar refractivity (Wildman–Crippen MR) is 77.0 cm³/mol. The van der Waals surface area contributed by atoms with Gasteiger partial charge in [0.05, 0.1) is 18.5 Å². The lowest BCUT2D eigenvalue weighted by Gasteiger charge is -2.02. The maximum atomic E-state index is 11.2. The summed E-state index contributed by atoms with van der Waals surface area (Å²) in [5.41, 5.74) is 1.84. The Kier molecular flexibility index (Phi) is 4.53. The predicted octanol–water partition coefficient (Wildman–Crippen LogP) is 3.85. The van der Waals surface area contributed by atoms with Crippen LogP contribution in [-0.2, 0) is 9.53 Å². The van der Waals surface area contributed by atoms with E-state index < -0.39 is 0 Å². The van der Waals surface area contributed by atoms with E-state index in [0.717, 1.165) is 16.5 Å². The van der Waals surface area contributed by atoms with Crippen molar-refractivity contribution in [3.8, 4) is 0 Å². The second kappa shape index (κ2) is 6.34. The van der Waals surface area contributed by atoms with Gasteiger partial charge in [0, 0.05) is 16.6 Å². The molecule has 0 aliphatic rings. The molecule has 98 valence electrons. The van der Waals surface area contributed by atoms with Crippen LogP contribution in [0.4, 0.5) is 0 Å². The van der Waals surface area contributed by atoms with Crippen LogP contribution in [0.2, 0.25) is 5.02 Å². The van der Waals surface area contributed by atoms with Crippen molar-refractivity contribution >= 4 is 34.5 Å². The molecule has 0 amide bonds. The first-order valence-corrected chi connectivity index (χ1v) is 6.45.